The first kappa shape index (κ1) is 16.4. The molecule has 2 aliphatic rings. The molecule has 0 saturated carbocycles. The second-order valence-corrected chi connectivity index (χ2v) is 7.51. The van der Waals surface area contributed by atoms with Crippen molar-refractivity contribution in [2.24, 2.45) is 5.10 Å². The van der Waals surface area contributed by atoms with E-state index in [1.165, 1.54) is 5.56 Å². The van der Waals surface area contributed by atoms with Crippen LogP contribution in [0.2, 0.25) is 5.02 Å². The topological polar surface area (TPSA) is 24.8 Å². The van der Waals surface area contributed by atoms with E-state index in [1.807, 2.05) is 36.4 Å². The van der Waals surface area contributed by atoms with Gasteiger partial charge < -0.3 is 4.74 Å². The van der Waals surface area contributed by atoms with Crippen molar-refractivity contribution >= 4 is 17.3 Å². The highest BCUT2D eigenvalue weighted by atomic mass is 35.5. The molecule has 2 aliphatic heterocycles. The Morgan fingerprint density at radius 2 is 1.78 bits per heavy atom. The van der Waals surface area contributed by atoms with E-state index < -0.39 is 0 Å². The van der Waals surface area contributed by atoms with Crippen LogP contribution in [-0.2, 0) is 0 Å². The summed E-state index contributed by atoms with van der Waals surface area (Å²) in [6, 6.07) is 24.8. The summed E-state index contributed by atoms with van der Waals surface area (Å²) >= 11 is 6.28. The number of hydrogen-bond donors (Lipinski definition) is 0. The highest BCUT2D eigenvalue weighted by molar-refractivity contribution is 6.30. The molecule has 3 nitrogen and oxygen atoms in total. The van der Waals surface area contributed by atoms with Gasteiger partial charge in [-0.3, -0.25) is 0 Å². The average molecular weight is 375 g/mol. The molecule has 134 valence electrons. The van der Waals surface area contributed by atoms with Crippen LogP contribution in [0.25, 0.3) is 0 Å². The van der Waals surface area contributed by atoms with Crippen molar-refractivity contribution in [2.75, 3.05) is 0 Å². The van der Waals surface area contributed by atoms with Crippen molar-refractivity contribution < 1.29 is 4.74 Å². The molecule has 0 aliphatic carbocycles. The third-order valence-electron chi connectivity index (χ3n) is 5.22. The van der Waals surface area contributed by atoms with Crippen LogP contribution >= 0.6 is 11.6 Å². The molecule has 27 heavy (non-hydrogen) atoms. The first-order valence-corrected chi connectivity index (χ1v) is 9.51. The minimum absolute atomic E-state index is 0.119. The summed E-state index contributed by atoms with van der Waals surface area (Å²) in [5.74, 6) is 0.884. The molecule has 3 aromatic carbocycles. The van der Waals surface area contributed by atoms with E-state index in [0.29, 0.717) is 0 Å². The van der Waals surface area contributed by atoms with Crippen molar-refractivity contribution in [2.45, 2.75) is 25.6 Å². The van der Waals surface area contributed by atoms with Gasteiger partial charge in [0.1, 0.15) is 5.75 Å². The summed E-state index contributed by atoms with van der Waals surface area (Å²) in [7, 11) is 0. The Bertz CT molecular complexity index is 1010. The van der Waals surface area contributed by atoms with Crippen molar-refractivity contribution in [1.82, 2.24) is 5.01 Å². The minimum Gasteiger partial charge on any atom is -0.464 e. The zero-order valence-electron chi connectivity index (χ0n) is 15.0. The smallest absolute Gasteiger partial charge is 0.213 e. The molecule has 0 unspecified atom stereocenters. The Labute approximate surface area is 163 Å². The van der Waals surface area contributed by atoms with Crippen LogP contribution in [0.15, 0.2) is 77.9 Å². The van der Waals surface area contributed by atoms with Gasteiger partial charge in [-0.1, -0.05) is 71.8 Å². The van der Waals surface area contributed by atoms with E-state index in [-0.39, 0.29) is 12.3 Å². The summed E-state index contributed by atoms with van der Waals surface area (Å²) < 4.78 is 6.35. The van der Waals surface area contributed by atoms with Crippen molar-refractivity contribution in [1.29, 1.82) is 0 Å². The molecule has 0 fully saturated rings. The number of nitrogens with zero attached hydrogens (tertiary/aromatic N) is 2. The van der Waals surface area contributed by atoms with Crippen molar-refractivity contribution in [3.8, 4) is 5.75 Å². The Morgan fingerprint density at radius 3 is 2.56 bits per heavy atom. The normalized spacial score (nSPS) is 20.5. The molecular weight excluding hydrogens is 356 g/mol. The van der Waals surface area contributed by atoms with Crippen molar-refractivity contribution in [3.05, 3.63) is 100 Å². The highest BCUT2D eigenvalue weighted by Gasteiger charge is 2.40. The van der Waals surface area contributed by atoms with Crippen LogP contribution in [-0.4, -0.2) is 10.7 Å². The van der Waals surface area contributed by atoms with Crippen LogP contribution in [0.3, 0.4) is 0 Å². The second kappa shape index (κ2) is 6.43. The predicted octanol–water partition coefficient (Wildman–Crippen LogP) is 5.89. The number of fused-ring (bicyclic) bond motifs is 3. The van der Waals surface area contributed by atoms with Gasteiger partial charge in [0.05, 0.1) is 11.8 Å². The third kappa shape index (κ3) is 2.88. The number of rotatable bonds is 2. The van der Waals surface area contributed by atoms with Crippen molar-refractivity contribution in [3.63, 3.8) is 0 Å². The molecule has 0 spiro atoms. The zero-order valence-corrected chi connectivity index (χ0v) is 15.7. The molecule has 5 rings (SSSR count). The van der Waals surface area contributed by atoms with E-state index in [4.69, 9.17) is 21.4 Å². The number of halogens is 1. The molecule has 2 heterocycles. The lowest BCUT2D eigenvalue weighted by Crippen LogP contribution is -2.33. The lowest BCUT2D eigenvalue weighted by atomic mass is 9.95. The van der Waals surface area contributed by atoms with E-state index in [1.54, 1.807) is 0 Å². The number of ether oxygens (including phenoxy) is 1. The SMILES string of the molecule is Cc1ccc(C2=NN3[C@H](C2)c2cc(Cl)ccc2O[C@H]3c2ccccc2)cc1. The summed E-state index contributed by atoms with van der Waals surface area (Å²) in [6.07, 6.45) is 0.594. The van der Waals surface area contributed by atoms with Gasteiger partial charge in [-0.15, -0.1) is 0 Å². The number of benzene rings is 3. The molecule has 0 radical (unpaired) electrons. The van der Waals surface area contributed by atoms with Gasteiger partial charge in [-0.05, 0) is 30.7 Å². The van der Waals surface area contributed by atoms with Gasteiger partial charge in [0.2, 0.25) is 6.23 Å². The van der Waals surface area contributed by atoms with E-state index >= 15 is 0 Å². The largest absolute Gasteiger partial charge is 0.464 e. The maximum Gasteiger partial charge on any atom is 0.213 e. The molecule has 3 aromatic rings. The average Bonchev–Trinajstić information content (AvgIpc) is 3.14. The fourth-order valence-corrected chi connectivity index (χ4v) is 4.00. The fraction of sp³-hybridized carbons (Fsp3) is 0.174. The maximum absolute atomic E-state index is 6.35. The summed E-state index contributed by atoms with van der Waals surface area (Å²) in [5, 5.41) is 7.79. The summed E-state index contributed by atoms with van der Waals surface area (Å²) in [4.78, 5) is 0. The van der Waals surface area contributed by atoms with Crippen LogP contribution in [0, 0.1) is 6.92 Å². The first-order chi connectivity index (χ1) is 13.2. The van der Waals surface area contributed by atoms with Crippen LogP contribution in [0.4, 0.5) is 0 Å². The molecule has 0 aromatic heterocycles. The third-order valence-corrected chi connectivity index (χ3v) is 5.46. The monoisotopic (exact) mass is 374 g/mol. The second-order valence-electron chi connectivity index (χ2n) is 7.08. The number of hydrazone groups is 1. The van der Waals surface area contributed by atoms with Crippen LogP contribution < -0.4 is 4.74 Å². The zero-order chi connectivity index (χ0) is 18.4. The minimum atomic E-state index is -0.243. The molecule has 2 atom stereocenters. The lowest BCUT2D eigenvalue weighted by molar-refractivity contribution is -0.0190. The highest BCUT2D eigenvalue weighted by Crippen LogP contribution is 2.48. The maximum atomic E-state index is 6.35. The molecule has 0 N–H and O–H groups in total. The summed E-state index contributed by atoms with van der Waals surface area (Å²) in [6.45, 7) is 2.10. The van der Waals surface area contributed by atoms with Gasteiger partial charge in [0, 0.05) is 22.6 Å². The molecule has 4 heteroatoms. The van der Waals surface area contributed by atoms with Gasteiger partial charge in [0.25, 0.3) is 0 Å². The van der Waals surface area contributed by atoms with E-state index in [9.17, 15) is 0 Å². The fourth-order valence-electron chi connectivity index (χ4n) is 3.82. The van der Waals surface area contributed by atoms with E-state index in [2.05, 4.69) is 48.3 Å². The Hall–Kier alpha value is -2.78. The van der Waals surface area contributed by atoms with Gasteiger partial charge in [-0.2, -0.15) is 5.10 Å². The van der Waals surface area contributed by atoms with Crippen LogP contribution in [0.1, 0.15) is 40.9 Å². The van der Waals surface area contributed by atoms with Gasteiger partial charge >= 0.3 is 0 Å². The quantitative estimate of drug-likeness (QED) is 0.558. The van der Waals surface area contributed by atoms with Crippen LogP contribution in [0.5, 0.6) is 5.75 Å². The molecular formula is C23H19ClN2O. The predicted molar refractivity (Wildman–Crippen MR) is 108 cm³/mol. The Kier molecular flexibility index (Phi) is 3.91. The number of aryl methyl sites for hydroxylation is 1. The standard InChI is InChI=1S/C23H19ClN2O/c1-15-7-9-16(10-8-15)20-14-21-19-13-18(24)11-12-22(19)27-23(26(21)25-20)17-5-3-2-4-6-17/h2-13,21,23H,14H2,1H3/t21-,23+/m1/s1. The molecule has 0 bridgehead atoms. The first-order valence-electron chi connectivity index (χ1n) is 9.13. The Morgan fingerprint density at radius 1 is 1.00 bits per heavy atom. The van der Waals surface area contributed by atoms with E-state index in [0.717, 1.165) is 39.6 Å². The molecule has 0 amide bonds. The summed E-state index contributed by atoms with van der Waals surface area (Å²) in [5.41, 5.74) is 5.68. The van der Waals surface area contributed by atoms with Gasteiger partial charge in [-0.25, -0.2) is 5.01 Å². The number of hydrogen-bond acceptors (Lipinski definition) is 3. The molecule has 0 saturated heterocycles. The Balaban J connectivity index is 1.60. The van der Waals surface area contributed by atoms with Gasteiger partial charge in [0.15, 0.2) is 0 Å². The lowest BCUT2D eigenvalue weighted by Gasteiger charge is -2.38.